The van der Waals surface area contributed by atoms with Crippen molar-refractivity contribution < 1.29 is 9.52 Å². The van der Waals surface area contributed by atoms with Gasteiger partial charge in [0, 0.05) is 22.1 Å². The van der Waals surface area contributed by atoms with Crippen molar-refractivity contribution >= 4 is 11.0 Å². The fourth-order valence-corrected chi connectivity index (χ4v) is 2.45. The van der Waals surface area contributed by atoms with E-state index in [1.54, 1.807) is 13.0 Å². The number of phenolic OH excluding ortho intramolecular Hbond substituents is 1. The van der Waals surface area contributed by atoms with E-state index in [4.69, 9.17) is 4.42 Å². The number of fused-ring (bicyclic) bond motifs is 1. The van der Waals surface area contributed by atoms with Gasteiger partial charge in [0.05, 0.1) is 0 Å². The van der Waals surface area contributed by atoms with Crippen LogP contribution in [0.3, 0.4) is 0 Å². The van der Waals surface area contributed by atoms with Gasteiger partial charge >= 0.3 is 5.63 Å². The third kappa shape index (κ3) is 1.79. The quantitative estimate of drug-likeness (QED) is 0.682. The Kier molecular flexibility index (Phi) is 2.83. The van der Waals surface area contributed by atoms with Gasteiger partial charge in [0.1, 0.15) is 11.3 Å². The highest BCUT2D eigenvalue weighted by molar-refractivity contribution is 5.96. The van der Waals surface area contributed by atoms with Crippen LogP contribution in [0.4, 0.5) is 0 Å². The van der Waals surface area contributed by atoms with E-state index in [0.717, 1.165) is 16.5 Å². The van der Waals surface area contributed by atoms with Crippen molar-refractivity contribution in [3.05, 3.63) is 64.0 Å². The Balaban J connectivity index is 2.50. The van der Waals surface area contributed by atoms with E-state index in [-0.39, 0.29) is 11.4 Å². The second-order valence-corrected chi connectivity index (χ2v) is 4.86. The van der Waals surface area contributed by atoms with Gasteiger partial charge in [-0.25, -0.2) is 4.79 Å². The van der Waals surface area contributed by atoms with Crippen molar-refractivity contribution in [2.45, 2.75) is 13.8 Å². The number of benzene rings is 2. The topological polar surface area (TPSA) is 50.4 Å². The fraction of sp³-hybridized carbons (Fsp3) is 0.118. The maximum atomic E-state index is 12.0. The molecule has 2 aromatic carbocycles. The van der Waals surface area contributed by atoms with Crippen LogP contribution in [-0.4, -0.2) is 5.11 Å². The molecule has 0 aliphatic heterocycles. The molecule has 3 heteroatoms. The monoisotopic (exact) mass is 266 g/mol. The molecule has 1 N–H and O–H groups in total. The summed E-state index contributed by atoms with van der Waals surface area (Å²) in [5.74, 6) is 0.200. The molecular weight excluding hydrogens is 252 g/mol. The van der Waals surface area contributed by atoms with Crippen LogP contribution in [0.25, 0.3) is 22.1 Å². The molecule has 0 saturated carbocycles. The minimum Gasteiger partial charge on any atom is -0.507 e. The van der Waals surface area contributed by atoms with Crippen LogP contribution in [0.5, 0.6) is 5.75 Å². The van der Waals surface area contributed by atoms with Crippen molar-refractivity contribution in [3.8, 4) is 16.9 Å². The zero-order valence-electron chi connectivity index (χ0n) is 11.3. The van der Waals surface area contributed by atoms with Crippen molar-refractivity contribution in [3.63, 3.8) is 0 Å². The van der Waals surface area contributed by atoms with Crippen LogP contribution in [0.15, 0.2) is 51.7 Å². The Labute approximate surface area is 116 Å². The Morgan fingerprint density at radius 3 is 2.55 bits per heavy atom. The predicted octanol–water partition coefficient (Wildman–Crippen LogP) is 3.78. The van der Waals surface area contributed by atoms with Gasteiger partial charge in [-0.15, -0.1) is 0 Å². The van der Waals surface area contributed by atoms with Crippen LogP contribution in [0.1, 0.15) is 11.1 Å². The number of aromatic hydroxyl groups is 1. The number of hydrogen-bond acceptors (Lipinski definition) is 3. The van der Waals surface area contributed by atoms with Crippen LogP contribution in [0, 0.1) is 13.8 Å². The summed E-state index contributed by atoms with van der Waals surface area (Å²) >= 11 is 0. The molecule has 1 heterocycles. The average Bonchev–Trinajstić information content (AvgIpc) is 2.44. The largest absolute Gasteiger partial charge is 0.507 e. The molecule has 100 valence electrons. The van der Waals surface area contributed by atoms with Gasteiger partial charge in [-0.3, -0.25) is 0 Å². The normalized spacial score (nSPS) is 10.9. The van der Waals surface area contributed by atoms with Crippen molar-refractivity contribution in [1.29, 1.82) is 0 Å². The summed E-state index contributed by atoms with van der Waals surface area (Å²) in [6.45, 7) is 3.55. The highest BCUT2D eigenvalue weighted by atomic mass is 16.4. The zero-order valence-corrected chi connectivity index (χ0v) is 11.3. The summed E-state index contributed by atoms with van der Waals surface area (Å²) < 4.78 is 5.29. The van der Waals surface area contributed by atoms with E-state index < -0.39 is 0 Å². The van der Waals surface area contributed by atoms with E-state index in [2.05, 4.69) is 0 Å². The lowest BCUT2D eigenvalue weighted by atomic mass is 9.95. The zero-order chi connectivity index (χ0) is 14.3. The molecule has 0 radical (unpaired) electrons. The smallest absolute Gasteiger partial charge is 0.339 e. The summed E-state index contributed by atoms with van der Waals surface area (Å²) in [6, 6.07) is 12.9. The van der Waals surface area contributed by atoms with Crippen LogP contribution in [-0.2, 0) is 0 Å². The molecule has 1 aromatic heterocycles. The highest BCUT2D eigenvalue weighted by Crippen LogP contribution is 2.37. The van der Waals surface area contributed by atoms with Gasteiger partial charge in [-0.05, 0) is 25.5 Å². The minimum atomic E-state index is -0.375. The van der Waals surface area contributed by atoms with Crippen molar-refractivity contribution in [2.24, 2.45) is 0 Å². The van der Waals surface area contributed by atoms with Crippen molar-refractivity contribution in [2.75, 3.05) is 0 Å². The predicted molar refractivity (Wildman–Crippen MR) is 79.1 cm³/mol. The van der Waals surface area contributed by atoms with Gasteiger partial charge in [0.2, 0.25) is 0 Å². The standard InChI is InChI=1S/C17H14O3/c1-10-6-5-8-13(16(10)18)15-11(2)17(19)20-14-9-4-3-7-12(14)15/h3-9,18H,1-2H3. The van der Waals surface area contributed by atoms with E-state index in [1.165, 1.54) is 0 Å². The molecule has 3 aromatic rings. The molecule has 20 heavy (non-hydrogen) atoms. The summed E-state index contributed by atoms with van der Waals surface area (Å²) in [4.78, 5) is 12.0. The lowest BCUT2D eigenvalue weighted by Gasteiger charge is -2.12. The molecular formula is C17H14O3. The second kappa shape index (κ2) is 4.53. The van der Waals surface area contributed by atoms with E-state index in [1.807, 2.05) is 43.3 Å². The van der Waals surface area contributed by atoms with Crippen LogP contribution in [0.2, 0.25) is 0 Å². The second-order valence-electron chi connectivity index (χ2n) is 4.86. The third-order valence-electron chi connectivity index (χ3n) is 3.55. The van der Waals surface area contributed by atoms with Gasteiger partial charge in [-0.1, -0.05) is 36.4 Å². The number of phenols is 1. The SMILES string of the molecule is Cc1cccc(-c2c(C)c(=O)oc3ccccc23)c1O. The van der Waals surface area contributed by atoms with Crippen LogP contribution >= 0.6 is 0 Å². The van der Waals surface area contributed by atoms with Gasteiger partial charge in [0.15, 0.2) is 0 Å². The summed E-state index contributed by atoms with van der Waals surface area (Å²) in [6.07, 6.45) is 0. The number of para-hydroxylation sites is 2. The summed E-state index contributed by atoms with van der Waals surface area (Å²) in [7, 11) is 0. The molecule has 0 saturated heterocycles. The molecule has 0 amide bonds. The summed E-state index contributed by atoms with van der Waals surface area (Å²) in [5.41, 5.74) is 2.83. The fourth-order valence-electron chi connectivity index (χ4n) is 2.45. The van der Waals surface area contributed by atoms with Gasteiger partial charge in [-0.2, -0.15) is 0 Å². The first-order valence-electron chi connectivity index (χ1n) is 6.41. The number of rotatable bonds is 1. The molecule has 0 aliphatic rings. The molecule has 0 atom stereocenters. The number of hydrogen-bond donors (Lipinski definition) is 1. The third-order valence-corrected chi connectivity index (χ3v) is 3.55. The molecule has 0 spiro atoms. The first-order valence-corrected chi connectivity index (χ1v) is 6.41. The number of aryl methyl sites for hydroxylation is 1. The van der Waals surface area contributed by atoms with E-state index in [0.29, 0.717) is 16.7 Å². The molecule has 3 nitrogen and oxygen atoms in total. The Morgan fingerprint density at radius 1 is 1.00 bits per heavy atom. The van der Waals surface area contributed by atoms with Crippen LogP contribution < -0.4 is 5.63 Å². The Hall–Kier alpha value is -2.55. The maximum Gasteiger partial charge on any atom is 0.339 e. The molecule has 3 rings (SSSR count). The minimum absolute atomic E-state index is 0.200. The highest BCUT2D eigenvalue weighted by Gasteiger charge is 2.16. The molecule has 0 aliphatic carbocycles. The lowest BCUT2D eigenvalue weighted by molar-refractivity contribution is 0.473. The summed E-state index contributed by atoms with van der Waals surface area (Å²) in [5, 5.41) is 11.1. The first kappa shape index (κ1) is 12.5. The lowest BCUT2D eigenvalue weighted by Crippen LogP contribution is -2.05. The maximum absolute atomic E-state index is 12.0. The molecule has 0 bridgehead atoms. The first-order chi connectivity index (χ1) is 9.59. The Bertz CT molecular complexity index is 860. The molecule has 0 unspecified atom stereocenters. The van der Waals surface area contributed by atoms with Gasteiger partial charge < -0.3 is 9.52 Å². The Morgan fingerprint density at radius 2 is 1.75 bits per heavy atom. The van der Waals surface area contributed by atoms with E-state index in [9.17, 15) is 9.90 Å². The van der Waals surface area contributed by atoms with Gasteiger partial charge in [0.25, 0.3) is 0 Å². The van der Waals surface area contributed by atoms with Crippen molar-refractivity contribution in [1.82, 2.24) is 0 Å². The molecule has 0 fully saturated rings. The average molecular weight is 266 g/mol. The van der Waals surface area contributed by atoms with E-state index >= 15 is 0 Å².